The first kappa shape index (κ1) is 14.8. The van der Waals surface area contributed by atoms with E-state index in [-0.39, 0.29) is 0 Å². The number of nitrogens with one attached hydrogen (secondary N) is 1. The van der Waals surface area contributed by atoms with Gasteiger partial charge >= 0.3 is 5.97 Å². The Hall–Kier alpha value is -1.64. The summed E-state index contributed by atoms with van der Waals surface area (Å²) in [6.07, 6.45) is 0. The van der Waals surface area contributed by atoms with E-state index in [9.17, 15) is 4.79 Å². The number of nitrogens with zero attached hydrogens (tertiary/aromatic N) is 1. The predicted octanol–water partition coefficient (Wildman–Crippen LogP) is 2.74. The first-order valence-corrected chi connectivity index (χ1v) is 7.23. The van der Waals surface area contributed by atoms with Gasteiger partial charge < -0.3 is 20.9 Å². The molecule has 0 saturated carbocycles. The van der Waals surface area contributed by atoms with Gasteiger partial charge in [-0.15, -0.1) is 11.3 Å². The summed E-state index contributed by atoms with van der Waals surface area (Å²) >= 11 is 4.66. The Labute approximate surface area is 127 Å². The number of ether oxygens (including phenoxy) is 1. The van der Waals surface area contributed by atoms with E-state index in [0.29, 0.717) is 16.6 Å². The molecule has 6 nitrogen and oxygen atoms in total. The number of hydrogen-bond donors (Lipinski definition) is 3. The van der Waals surface area contributed by atoms with Crippen molar-refractivity contribution >= 4 is 44.1 Å². The average Bonchev–Trinajstić information content (AvgIpc) is 2.88. The van der Waals surface area contributed by atoms with Crippen molar-refractivity contribution in [3.63, 3.8) is 0 Å². The van der Waals surface area contributed by atoms with Crippen LogP contribution in [0.2, 0.25) is 0 Å². The molecule has 8 heteroatoms. The van der Waals surface area contributed by atoms with Crippen LogP contribution in [0.15, 0.2) is 28.1 Å². The monoisotopic (exact) mass is 357 g/mol. The molecule has 1 heterocycles. The fraction of sp³-hybridized carbons (Fsp3) is 0.167. The van der Waals surface area contributed by atoms with Gasteiger partial charge in [0.25, 0.3) is 0 Å². The van der Waals surface area contributed by atoms with Gasteiger partial charge in [0.05, 0.1) is 17.3 Å². The van der Waals surface area contributed by atoms with E-state index in [2.05, 4.69) is 26.2 Å². The SMILES string of the molecule is COc1cc(Nc2nc(C(N)C(=O)O)cs2)ccc1Br. The van der Waals surface area contributed by atoms with Crippen LogP contribution in [0.5, 0.6) is 5.75 Å². The highest BCUT2D eigenvalue weighted by Crippen LogP contribution is 2.30. The van der Waals surface area contributed by atoms with Crippen molar-refractivity contribution in [2.45, 2.75) is 6.04 Å². The Balaban J connectivity index is 2.16. The third-order valence-corrected chi connectivity index (χ3v) is 3.94. The number of carboxylic acids is 1. The van der Waals surface area contributed by atoms with Crippen molar-refractivity contribution in [1.29, 1.82) is 0 Å². The molecule has 2 rings (SSSR count). The fourth-order valence-corrected chi connectivity index (χ4v) is 2.65. The molecule has 1 aromatic carbocycles. The van der Waals surface area contributed by atoms with E-state index in [1.54, 1.807) is 12.5 Å². The van der Waals surface area contributed by atoms with Crippen molar-refractivity contribution in [3.05, 3.63) is 33.7 Å². The van der Waals surface area contributed by atoms with Gasteiger partial charge in [-0.1, -0.05) is 0 Å². The molecule has 0 aliphatic heterocycles. The van der Waals surface area contributed by atoms with E-state index in [4.69, 9.17) is 15.6 Å². The van der Waals surface area contributed by atoms with E-state index in [1.807, 2.05) is 18.2 Å². The Kier molecular flexibility index (Phi) is 4.58. The highest BCUT2D eigenvalue weighted by Gasteiger charge is 2.17. The third kappa shape index (κ3) is 3.27. The molecule has 1 atom stereocenters. The minimum atomic E-state index is -1.11. The Bertz CT molecular complexity index is 632. The Morgan fingerprint density at radius 1 is 1.60 bits per heavy atom. The Morgan fingerprint density at radius 3 is 3.00 bits per heavy atom. The summed E-state index contributed by atoms with van der Waals surface area (Å²) in [5.74, 6) is -0.416. The van der Waals surface area contributed by atoms with Gasteiger partial charge in [0.15, 0.2) is 5.13 Å². The van der Waals surface area contributed by atoms with Crippen molar-refractivity contribution in [1.82, 2.24) is 4.98 Å². The van der Waals surface area contributed by atoms with Gasteiger partial charge in [0.2, 0.25) is 0 Å². The molecule has 2 aromatic rings. The lowest BCUT2D eigenvalue weighted by molar-refractivity contribution is -0.138. The van der Waals surface area contributed by atoms with Gasteiger partial charge in [-0.05, 0) is 28.1 Å². The van der Waals surface area contributed by atoms with Crippen LogP contribution in [0, 0.1) is 0 Å². The number of carboxylic acid groups (broad SMARTS) is 1. The highest BCUT2D eigenvalue weighted by molar-refractivity contribution is 9.10. The lowest BCUT2D eigenvalue weighted by atomic mass is 10.2. The molecule has 0 amide bonds. The number of benzene rings is 1. The van der Waals surface area contributed by atoms with Crippen molar-refractivity contribution < 1.29 is 14.6 Å². The summed E-state index contributed by atoms with van der Waals surface area (Å²) in [5.41, 5.74) is 6.62. The van der Waals surface area contributed by atoms with Crippen LogP contribution in [0.25, 0.3) is 0 Å². The number of hydrogen-bond acceptors (Lipinski definition) is 6. The van der Waals surface area contributed by atoms with Gasteiger partial charge in [0, 0.05) is 17.1 Å². The lowest BCUT2D eigenvalue weighted by Gasteiger charge is -2.07. The smallest absolute Gasteiger partial charge is 0.326 e. The number of thiazole rings is 1. The third-order valence-electron chi connectivity index (χ3n) is 2.51. The molecule has 0 fully saturated rings. The summed E-state index contributed by atoms with van der Waals surface area (Å²) in [5, 5.41) is 14.1. The molecule has 0 aliphatic carbocycles. The van der Waals surface area contributed by atoms with Crippen LogP contribution in [0.3, 0.4) is 0 Å². The summed E-state index contributed by atoms with van der Waals surface area (Å²) in [4.78, 5) is 14.9. The van der Waals surface area contributed by atoms with E-state index >= 15 is 0 Å². The maximum absolute atomic E-state index is 10.8. The molecule has 0 radical (unpaired) electrons. The molecular weight excluding hydrogens is 346 g/mol. The zero-order valence-corrected chi connectivity index (χ0v) is 12.9. The molecule has 4 N–H and O–H groups in total. The molecular formula is C12H12BrN3O3S. The standard InChI is InChI=1S/C12H12BrN3O3S/c1-19-9-4-6(2-3-7(9)13)15-12-16-8(5-20-12)10(14)11(17)18/h2-5,10H,14H2,1H3,(H,15,16)(H,17,18). The zero-order chi connectivity index (χ0) is 14.7. The predicted molar refractivity (Wildman–Crippen MR) is 80.7 cm³/mol. The summed E-state index contributed by atoms with van der Waals surface area (Å²) in [6.45, 7) is 0. The van der Waals surface area contributed by atoms with Crippen LogP contribution in [-0.2, 0) is 4.79 Å². The van der Waals surface area contributed by atoms with Gasteiger partial charge in [-0.2, -0.15) is 0 Å². The second kappa shape index (κ2) is 6.21. The second-order valence-corrected chi connectivity index (χ2v) is 5.58. The van der Waals surface area contributed by atoms with Crippen LogP contribution < -0.4 is 15.8 Å². The highest BCUT2D eigenvalue weighted by atomic mass is 79.9. The van der Waals surface area contributed by atoms with Crippen LogP contribution in [-0.4, -0.2) is 23.2 Å². The Morgan fingerprint density at radius 2 is 2.35 bits per heavy atom. The van der Waals surface area contributed by atoms with Gasteiger partial charge in [0.1, 0.15) is 11.8 Å². The van der Waals surface area contributed by atoms with E-state index < -0.39 is 12.0 Å². The van der Waals surface area contributed by atoms with Crippen LogP contribution in [0.4, 0.5) is 10.8 Å². The van der Waals surface area contributed by atoms with Crippen LogP contribution in [0.1, 0.15) is 11.7 Å². The topological polar surface area (TPSA) is 97.5 Å². The average molecular weight is 358 g/mol. The molecule has 106 valence electrons. The summed E-state index contributed by atoms with van der Waals surface area (Å²) in [6, 6.07) is 4.40. The molecule has 1 aromatic heterocycles. The summed E-state index contributed by atoms with van der Waals surface area (Å²) in [7, 11) is 1.58. The largest absolute Gasteiger partial charge is 0.495 e. The first-order chi connectivity index (χ1) is 9.51. The van der Waals surface area contributed by atoms with Crippen molar-refractivity contribution in [3.8, 4) is 5.75 Å². The van der Waals surface area contributed by atoms with Crippen molar-refractivity contribution in [2.24, 2.45) is 5.73 Å². The fourth-order valence-electron chi connectivity index (χ4n) is 1.47. The number of aromatic nitrogens is 1. The minimum Gasteiger partial charge on any atom is -0.495 e. The molecule has 0 spiro atoms. The van der Waals surface area contributed by atoms with Gasteiger partial charge in [-0.3, -0.25) is 4.79 Å². The normalized spacial score (nSPS) is 11.9. The maximum Gasteiger partial charge on any atom is 0.326 e. The number of carbonyl (C=O) groups is 1. The molecule has 0 aliphatic rings. The maximum atomic E-state index is 10.8. The summed E-state index contributed by atoms with van der Waals surface area (Å²) < 4.78 is 6.04. The van der Waals surface area contributed by atoms with Crippen LogP contribution >= 0.6 is 27.3 Å². The molecule has 1 unspecified atom stereocenters. The van der Waals surface area contributed by atoms with Crippen molar-refractivity contribution in [2.75, 3.05) is 12.4 Å². The number of halogens is 1. The zero-order valence-electron chi connectivity index (χ0n) is 10.5. The molecule has 0 saturated heterocycles. The lowest BCUT2D eigenvalue weighted by Crippen LogP contribution is -2.20. The quantitative estimate of drug-likeness (QED) is 0.760. The number of methoxy groups -OCH3 is 1. The number of anilines is 2. The van der Waals surface area contributed by atoms with Gasteiger partial charge in [-0.25, -0.2) is 4.98 Å². The van der Waals surface area contributed by atoms with E-state index in [0.717, 1.165) is 10.2 Å². The number of rotatable bonds is 5. The first-order valence-electron chi connectivity index (χ1n) is 5.55. The molecule has 0 bridgehead atoms. The molecule has 20 heavy (non-hydrogen) atoms. The number of aliphatic carboxylic acids is 1. The minimum absolute atomic E-state index is 0.328. The van der Waals surface area contributed by atoms with E-state index in [1.165, 1.54) is 11.3 Å². The second-order valence-electron chi connectivity index (χ2n) is 3.87. The number of nitrogens with two attached hydrogens (primary N) is 1.